The summed E-state index contributed by atoms with van der Waals surface area (Å²) in [5.74, 6) is 1.90. The number of aryl methyl sites for hydroxylation is 5. The summed E-state index contributed by atoms with van der Waals surface area (Å²) >= 11 is 0. The van der Waals surface area contributed by atoms with E-state index in [1.807, 2.05) is 20.8 Å². The Labute approximate surface area is 177 Å². The van der Waals surface area contributed by atoms with Gasteiger partial charge >= 0.3 is 0 Å². The molecular formula is C21H20N10. The molecule has 1 aromatic carbocycles. The Hall–Kier alpha value is -4.08. The minimum atomic E-state index is 0.371. The van der Waals surface area contributed by atoms with Crippen LogP contribution in [-0.4, -0.2) is 44.7 Å². The third kappa shape index (κ3) is 3.31. The van der Waals surface area contributed by atoms with Gasteiger partial charge in [0, 0.05) is 11.6 Å². The van der Waals surface area contributed by atoms with Crippen LogP contribution in [0.3, 0.4) is 0 Å². The molecule has 0 radical (unpaired) electrons. The lowest BCUT2D eigenvalue weighted by atomic mass is 10.1. The molecular weight excluding hydrogens is 392 g/mol. The molecule has 0 unspecified atom stereocenters. The lowest BCUT2D eigenvalue weighted by molar-refractivity contribution is 0.841. The predicted molar refractivity (Wildman–Crippen MR) is 116 cm³/mol. The quantitative estimate of drug-likeness (QED) is 0.476. The van der Waals surface area contributed by atoms with Crippen LogP contribution >= 0.6 is 0 Å². The van der Waals surface area contributed by atoms with Gasteiger partial charge in [0.15, 0.2) is 0 Å². The number of benzene rings is 1. The highest BCUT2D eigenvalue weighted by Crippen LogP contribution is 2.23. The zero-order valence-corrected chi connectivity index (χ0v) is 17.8. The van der Waals surface area contributed by atoms with E-state index in [0.29, 0.717) is 34.9 Å². The van der Waals surface area contributed by atoms with Crippen molar-refractivity contribution >= 4 is 28.6 Å². The number of anilines is 2. The van der Waals surface area contributed by atoms with E-state index in [-0.39, 0.29) is 0 Å². The summed E-state index contributed by atoms with van der Waals surface area (Å²) in [4.78, 5) is 22.4. The summed E-state index contributed by atoms with van der Waals surface area (Å²) in [6.07, 6.45) is 1.66. The molecule has 0 aliphatic rings. The number of hydrogen-bond donors (Lipinski definition) is 1. The Morgan fingerprint density at radius 3 is 2.48 bits per heavy atom. The summed E-state index contributed by atoms with van der Waals surface area (Å²) < 4.78 is 1.66. The molecule has 4 aromatic heterocycles. The maximum Gasteiger partial charge on any atom is 0.272 e. The van der Waals surface area contributed by atoms with Gasteiger partial charge in [0.25, 0.3) is 5.78 Å². The molecule has 154 valence electrons. The van der Waals surface area contributed by atoms with Gasteiger partial charge in [-0.15, -0.1) is 15.3 Å². The third-order valence-electron chi connectivity index (χ3n) is 5.22. The number of hydrogen-bond acceptors (Lipinski definition) is 9. The Balaban J connectivity index is 1.53. The molecule has 0 aliphatic heterocycles. The molecule has 5 rings (SSSR count). The summed E-state index contributed by atoms with van der Waals surface area (Å²) in [7, 11) is 0. The third-order valence-corrected chi connectivity index (χ3v) is 5.22. The van der Waals surface area contributed by atoms with E-state index in [2.05, 4.69) is 71.5 Å². The van der Waals surface area contributed by atoms with Crippen molar-refractivity contribution in [3.8, 4) is 11.4 Å². The first-order valence-electron chi connectivity index (χ1n) is 9.82. The summed E-state index contributed by atoms with van der Waals surface area (Å²) in [5, 5.41) is 16.9. The van der Waals surface area contributed by atoms with Gasteiger partial charge in [-0.1, -0.05) is 0 Å². The van der Waals surface area contributed by atoms with Crippen LogP contribution in [0.1, 0.15) is 28.3 Å². The lowest BCUT2D eigenvalue weighted by Gasteiger charge is -2.10. The summed E-state index contributed by atoms with van der Waals surface area (Å²) in [6, 6.07) is 5.96. The van der Waals surface area contributed by atoms with Gasteiger partial charge in [0.05, 0.1) is 22.6 Å². The highest BCUT2D eigenvalue weighted by molar-refractivity contribution is 5.83. The molecule has 0 aliphatic carbocycles. The minimum Gasteiger partial charge on any atom is -0.293 e. The van der Waals surface area contributed by atoms with Crippen molar-refractivity contribution in [1.29, 1.82) is 0 Å². The largest absolute Gasteiger partial charge is 0.293 e. The second-order valence-corrected chi connectivity index (χ2v) is 7.48. The predicted octanol–water partition coefficient (Wildman–Crippen LogP) is 3.21. The molecule has 10 heteroatoms. The number of fused-ring (bicyclic) bond motifs is 2. The SMILES string of the molecule is Cc1nc2nnc(-c3ccnc(Nc4nc(C)c5cc(C)c(C)cc5n4)n3)c(C)n2n1. The van der Waals surface area contributed by atoms with E-state index in [4.69, 9.17) is 0 Å². The minimum absolute atomic E-state index is 0.371. The van der Waals surface area contributed by atoms with Crippen molar-refractivity contribution in [1.82, 2.24) is 44.7 Å². The highest BCUT2D eigenvalue weighted by atomic mass is 15.4. The fourth-order valence-corrected chi connectivity index (χ4v) is 3.45. The standard InChI is InChI=1S/C21H20N10/c1-10-8-15-12(3)23-20(26-17(15)9-11(10)2)27-19-22-7-6-16(25-19)18-13(4)31-21(29-28-18)24-14(5)30-31/h6-9H,1-5H3,(H,22,23,25,26,27). The molecule has 0 spiro atoms. The van der Waals surface area contributed by atoms with Crippen LogP contribution in [0.4, 0.5) is 11.9 Å². The Morgan fingerprint density at radius 1 is 0.839 bits per heavy atom. The summed E-state index contributed by atoms with van der Waals surface area (Å²) in [6.45, 7) is 9.84. The molecule has 0 atom stereocenters. The zero-order chi connectivity index (χ0) is 21.7. The maximum atomic E-state index is 4.64. The van der Waals surface area contributed by atoms with Crippen LogP contribution < -0.4 is 5.32 Å². The maximum absolute atomic E-state index is 4.64. The van der Waals surface area contributed by atoms with Gasteiger partial charge in [0.1, 0.15) is 11.5 Å². The molecule has 1 N–H and O–H groups in total. The van der Waals surface area contributed by atoms with E-state index in [1.54, 1.807) is 16.8 Å². The number of rotatable bonds is 3. The smallest absolute Gasteiger partial charge is 0.272 e. The first-order chi connectivity index (χ1) is 14.9. The molecule has 5 aromatic rings. The van der Waals surface area contributed by atoms with Gasteiger partial charge in [-0.25, -0.2) is 19.9 Å². The Bertz CT molecular complexity index is 1470. The molecule has 0 saturated heterocycles. The molecule has 4 heterocycles. The van der Waals surface area contributed by atoms with Gasteiger partial charge in [-0.3, -0.25) is 5.32 Å². The molecule has 0 bridgehead atoms. The van der Waals surface area contributed by atoms with Crippen molar-refractivity contribution < 1.29 is 0 Å². The van der Waals surface area contributed by atoms with E-state index >= 15 is 0 Å². The molecule has 31 heavy (non-hydrogen) atoms. The van der Waals surface area contributed by atoms with Crippen molar-refractivity contribution in [2.24, 2.45) is 0 Å². The Morgan fingerprint density at radius 2 is 1.65 bits per heavy atom. The van der Waals surface area contributed by atoms with Crippen LogP contribution in [0.5, 0.6) is 0 Å². The van der Waals surface area contributed by atoms with E-state index in [0.717, 1.165) is 22.3 Å². The van der Waals surface area contributed by atoms with Crippen molar-refractivity contribution in [3.05, 3.63) is 52.7 Å². The highest BCUT2D eigenvalue weighted by Gasteiger charge is 2.14. The van der Waals surface area contributed by atoms with E-state index in [9.17, 15) is 0 Å². The molecule has 0 amide bonds. The number of nitrogens with one attached hydrogen (secondary N) is 1. The van der Waals surface area contributed by atoms with Crippen LogP contribution in [-0.2, 0) is 0 Å². The van der Waals surface area contributed by atoms with E-state index < -0.39 is 0 Å². The van der Waals surface area contributed by atoms with Crippen molar-refractivity contribution in [2.75, 3.05) is 5.32 Å². The van der Waals surface area contributed by atoms with Crippen LogP contribution in [0.2, 0.25) is 0 Å². The van der Waals surface area contributed by atoms with Gasteiger partial charge in [0.2, 0.25) is 11.9 Å². The molecule has 0 fully saturated rings. The topological polar surface area (TPSA) is 120 Å². The summed E-state index contributed by atoms with van der Waals surface area (Å²) in [5.41, 5.74) is 6.17. The molecule has 10 nitrogen and oxygen atoms in total. The fraction of sp³-hybridized carbons (Fsp3) is 0.238. The molecule has 0 saturated carbocycles. The van der Waals surface area contributed by atoms with Gasteiger partial charge < -0.3 is 0 Å². The van der Waals surface area contributed by atoms with Crippen LogP contribution in [0.25, 0.3) is 28.1 Å². The normalized spacial score (nSPS) is 11.4. The van der Waals surface area contributed by atoms with Crippen LogP contribution in [0.15, 0.2) is 24.4 Å². The monoisotopic (exact) mass is 412 g/mol. The lowest BCUT2D eigenvalue weighted by Crippen LogP contribution is -2.06. The fourth-order valence-electron chi connectivity index (χ4n) is 3.45. The van der Waals surface area contributed by atoms with Crippen LogP contribution in [0, 0.1) is 34.6 Å². The number of aromatic nitrogens is 9. The average Bonchev–Trinajstić information content (AvgIpc) is 3.11. The van der Waals surface area contributed by atoms with Crippen molar-refractivity contribution in [2.45, 2.75) is 34.6 Å². The van der Waals surface area contributed by atoms with Crippen molar-refractivity contribution in [3.63, 3.8) is 0 Å². The zero-order valence-electron chi connectivity index (χ0n) is 17.8. The first kappa shape index (κ1) is 18.9. The second-order valence-electron chi connectivity index (χ2n) is 7.48. The average molecular weight is 412 g/mol. The van der Waals surface area contributed by atoms with E-state index in [1.165, 1.54) is 11.1 Å². The first-order valence-corrected chi connectivity index (χ1v) is 9.82. The Kier molecular flexibility index (Phi) is 4.28. The second kappa shape index (κ2) is 7.01. The van der Waals surface area contributed by atoms with Gasteiger partial charge in [-0.2, -0.15) is 9.50 Å². The number of nitrogens with zero attached hydrogens (tertiary/aromatic N) is 9. The van der Waals surface area contributed by atoms with Gasteiger partial charge in [-0.05, 0) is 63.9 Å².